The molecular formula is C22H16N4O5S2. The van der Waals surface area contributed by atoms with Gasteiger partial charge in [0, 0.05) is 0 Å². The predicted molar refractivity (Wildman–Crippen MR) is 121 cm³/mol. The number of benzene rings is 1. The number of nitrogens with one attached hydrogen (secondary N) is 1. The Bertz CT molecular complexity index is 1390. The number of carbonyl (C=O) groups excluding carboxylic acids is 1. The average molecular weight is 481 g/mol. The van der Waals surface area contributed by atoms with Crippen LogP contribution in [0.3, 0.4) is 0 Å². The summed E-state index contributed by atoms with van der Waals surface area (Å²) >= 11 is 2.67. The summed E-state index contributed by atoms with van der Waals surface area (Å²) in [6.07, 6.45) is 0.557. The predicted octanol–water partition coefficient (Wildman–Crippen LogP) is 4.31. The first-order valence-corrected chi connectivity index (χ1v) is 11.6. The molecule has 1 amide bonds. The summed E-state index contributed by atoms with van der Waals surface area (Å²) in [7, 11) is 0. The van der Waals surface area contributed by atoms with E-state index in [2.05, 4.69) is 32.3 Å². The number of hydrogen-bond acceptors (Lipinski definition) is 9. The van der Waals surface area contributed by atoms with Crippen molar-refractivity contribution in [1.82, 2.24) is 15.1 Å². The molecule has 0 bridgehead atoms. The maximum Gasteiger partial charge on any atom is 0.412 e. The fourth-order valence-electron chi connectivity index (χ4n) is 3.12. The largest absolute Gasteiger partial charge is 0.481 e. The number of anilines is 1. The minimum atomic E-state index is -0.843. The number of rotatable bonds is 5. The molecule has 1 saturated carbocycles. The second kappa shape index (κ2) is 8.31. The molecule has 0 radical (unpaired) electrons. The molecule has 33 heavy (non-hydrogen) atoms. The minimum Gasteiger partial charge on any atom is -0.481 e. The highest BCUT2D eigenvalue weighted by molar-refractivity contribution is 7.38. The minimum absolute atomic E-state index is 0.131. The quantitative estimate of drug-likeness (QED) is 0.405. The Morgan fingerprint density at radius 2 is 2.00 bits per heavy atom. The lowest BCUT2D eigenvalue weighted by molar-refractivity contribution is -0.140. The normalized spacial score (nSPS) is 13.8. The van der Waals surface area contributed by atoms with E-state index in [-0.39, 0.29) is 12.4 Å². The SMILES string of the molecule is Cc1noc(C#Cc2nc3nc(C4(C(=O)O)CC4)sc3s2)c1NC(=O)OCc1ccccc1. The summed E-state index contributed by atoms with van der Waals surface area (Å²) in [5.41, 5.74) is 1.31. The molecule has 0 saturated heterocycles. The van der Waals surface area contributed by atoms with Gasteiger partial charge in [-0.05, 0) is 37.2 Å². The van der Waals surface area contributed by atoms with Crippen molar-refractivity contribution < 1.29 is 24.0 Å². The van der Waals surface area contributed by atoms with Crippen molar-refractivity contribution in [3.05, 3.63) is 57.4 Å². The maximum absolute atomic E-state index is 12.2. The van der Waals surface area contributed by atoms with Gasteiger partial charge >= 0.3 is 12.1 Å². The van der Waals surface area contributed by atoms with E-state index in [9.17, 15) is 14.7 Å². The zero-order valence-corrected chi connectivity index (χ0v) is 18.9. The van der Waals surface area contributed by atoms with Crippen LogP contribution in [0.5, 0.6) is 0 Å². The molecule has 4 aromatic rings. The van der Waals surface area contributed by atoms with Crippen molar-refractivity contribution in [2.75, 3.05) is 5.32 Å². The lowest BCUT2D eigenvalue weighted by atomic mass is 10.1. The number of aryl methyl sites for hydroxylation is 1. The van der Waals surface area contributed by atoms with Gasteiger partial charge in [-0.2, -0.15) is 0 Å². The van der Waals surface area contributed by atoms with Crippen molar-refractivity contribution in [2.24, 2.45) is 0 Å². The molecule has 0 unspecified atom stereocenters. The van der Waals surface area contributed by atoms with Gasteiger partial charge in [0.2, 0.25) is 5.76 Å². The number of ether oxygens (including phenoxy) is 1. The van der Waals surface area contributed by atoms with Crippen LogP contribution in [-0.4, -0.2) is 32.3 Å². The average Bonchev–Trinajstić information content (AvgIpc) is 3.24. The molecule has 0 aliphatic heterocycles. The van der Waals surface area contributed by atoms with Gasteiger partial charge in [-0.1, -0.05) is 46.8 Å². The number of aromatic nitrogens is 3. The number of carboxylic acid groups (broad SMARTS) is 1. The van der Waals surface area contributed by atoms with Gasteiger partial charge in [-0.15, -0.1) is 11.3 Å². The molecule has 0 spiro atoms. The molecule has 0 atom stereocenters. The van der Waals surface area contributed by atoms with Crippen molar-refractivity contribution in [3.8, 4) is 11.8 Å². The van der Waals surface area contributed by atoms with E-state index < -0.39 is 17.5 Å². The first-order valence-electron chi connectivity index (χ1n) is 9.92. The van der Waals surface area contributed by atoms with E-state index in [0.717, 1.165) is 9.58 Å². The molecule has 2 N–H and O–H groups in total. The topological polar surface area (TPSA) is 127 Å². The Morgan fingerprint density at radius 3 is 2.70 bits per heavy atom. The highest BCUT2D eigenvalue weighted by Crippen LogP contribution is 2.51. The van der Waals surface area contributed by atoms with E-state index in [1.807, 2.05) is 30.3 Å². The van der Waals surface area contributed by atoms with Gasteiger partial charge < -0.3 is 14.4 Å². The second-order valence-electron chi connectivity index (χ2n) is 7.45. The molecule has 166 valence electrons. The molecule has 9 nitrogen and oxygen atoms in total. The monoisotopic (exact) mass is 480 g/mol. The number of carboxylic acids is 1. The molecule has 3 aromatic heterocycles. The van der Waals surface area contributed by atoms with E-state index in [1.165, 1.54) is 22.7 Å². The van der Waals surface area contributed by atoms with Crippen LogP contribution < -0.4 is 5.32 Å². The van der Waals surface area contributed by atoms with Crippen LogP contribution in [0.1, 0.15) is 39.9 Å². The van der Waals surface area contributed by atoms with Crippen molar-refractivity contribution >= 4 is 50.1 Å². The smallest absolute Gasteiger partial charge is 0.412 e. The van der Waals surface area contributed by atoms with Gasteiger partial charge in [-0.25, -0.2) is 14.8 Å². The van der Waals surface area contributed by atoms with Crippen LogP contribution in [0.15, 0.2) is 34.9 Å². The van der Waals surface area contributed by atoms with Crippen LogP contribution in [0.25, 0.3) is 9.66 Å². The summed E-state index contributed by atoms with van der Waals surface area (Å²) < 4.78 is 11.3. The Kier molecular flexibility index (Phi) is 5.32. The van der Waals surface area contributed by atoms with E-state index in [4.69, 9.17) is 9.26 Å². The van der Waals surface area contributed by atoms with Crippen LogP contribution in [0.2, 0.25) is 0 Å². The number of fused-ring (bicyclic) bond motifs is 1. The number of thiazole rings is 2. The van der Waals surface area contributed by atoms with Crippen molar-refractivity contribution in [2.45, 2.75) is 31.8 Å². The second-order valence-corrected chi connectivity index (χ2v) is 9.70. The Morgan fingerprint density at radius 1 is 1.21 bits per heavy atom. The number of hydrogen-bond donors (Lipinski definition) is 2. The Balaban J connectivity index is 1.29. The third-order valence-electron chi connectivity index (χ3n) is 5.13. The standard InChI is InChI=1S/C22H16N4O5S2/c1-12-16(24-21(29)30-11-13-5-3-2-4-6-13)14(31-26-12)7-8-15-23-17-18(32-15)33-19(25-17)22(9-10-22)20(27)28/h2-6H,9-11H2,1H3,(H,24,29)(H,27,28). The fourth-order valence-corrected chi connectivity index (χ4v) is 5.33. The van der Waals surface area contributed by atoms with Crippen LogP contribution >= 0.6 is 22.7 Å². The summed E-state index contributed by atoms with van der Waals surface area (Å²) in [5.74, 6) is 5.08. The highest BCUT2D eigenvalue weighted by atomic mass is 32.2. The van der Waals surface area contributed by atoms with E-state index >= 15 is 0 Å². The highest BCUT2D eigenvalue weighted by Gasteiger charge is 2.54. The Labute approximate surface area is 195 Å². The van der Waals surface area contributed by atoms with Crippen LogP contribution in [0, 0.1) is 18.8 Å². The van der Waals surface area contributed by atoms with Crippen molar-refractivity contribution in [3.63, 3.8) is 0 Å². The maximum atomic E-state index is 12.2. The molecule has 1 aliphatic rings. The first kappa shape index (κ1) is 21.1. The molecule has 3 heterocycles. The summed E-state index contributed by atoms with van der Waals surface area (Å²) in [6, 6.07) is 9.33. The third kappa shape index (κ3) is 4.18. The van der Waals surface area contributed by atoms with E-state index in [1.54, 1.807) is 6.92 Å². The van der Waals surface area contributed by atoms with Gasteiger partial charge in [0.05, 0.1) is 0 Å². The molecule has 11 heteroatoms. The third-order valence-corrected chi connectivity index (χ3v) is 7.43. The zero-order chi connectivity index (χ0) is 23.0. The molecule has 5 rings (SSSR count). The number of carbonyl (C=O) groups is 2. The number of aliphatic carboxylic acids is 1. The Hall–Kier alpha value is -3.75. The molecular weight excluding hydrogens is 464 g/mol. The van der Waals surface area contributed by atoms with Crippen LogP contribution in [-0.2, 0) is 21.6 Å². The fraction of sp³-hybridized carbons (Fsp3) is 0.227. The zero-order valence-electron chi connectivity index (χ0n) is 17.2. The molecule has 1 aliphatic carbocycles. The van der Waals surface area contributed by atoms with Crippen molar-refractivity contribution in [1.29, 1.82) is 0 Å². The van der Waals surface area contributed by atoms with Gasteiger partial charge in [0.1, 0.15) is 32.4 Å². The summed E-state index contributed by atoms with van der Waals surface area (Å²) in [5, 5.41) is 17.0. The van der Waals surface area contributed by atoms with Crippen LogP contribution in [0.4, 0.5) is 10.5 Å². The summed E-state index contributed by atoms with van der Waals surface area (Å²) in [6.45, 7) is 1.81. The lowest BCUT2D eigenvalue weighted by Crippen LogP contribution is -2.18. The summed E-state index contributed by atoms with van der Waals surface area (Å²) in [4.78, 5) is 32.5. The molecule has 1 aromatic carbocycles. The lowest BCUT2D eigenvalue weighted by Gasteiger charge is -2.06. The van der Waals surface area contributed by atoms with E-state index in [0.29, 0.717) is 39.9 Å². The number of amides is 1. The van der Waals surface area contributed by atoms with Gasteiger partial charge in [0.25, 0.3) is 0 Å². The van der Waals surface area contributed by atoms with Gasteiger partial charge in [-0.3, -0.25) is 10.1 Å². The first-order chi connectivity index (χ1) is 15.9. The number of nitrogens with zero attached hydrogens (tertiary/aromatic N) is 3. The van der Waals surface area contributed by atoms with Gasteiger partial charge in [0.15, 0.2) is 10.7 Å². The molecule has 1 fully saturated rings.